The number of carbonyl (C=O) groups excluding carboxylic acids is 1. The van der Waals surface area contributed by atoms with Crippen LogP contribution >= 0.6 is 23.2 Å². The van der Waals surface area contributed by atoms with Gasteiger partial charge in [0.2, 0.25) is 0 Å². The summed E-state index contributed by atoms with van der Waals surface area (Å²) in [6.07, 6.45) is 1.71. The highest BCUT2D eigenvalue weighted by Crippen LogP contribution is 2.28. The molecule has 2 aromatic carbocycles. The minimum atomic E-state index is 0.0162. The van der Waals surface area contributed by atoms with Crippen LogP contribution in [-0.4, -0.2) is 5.78 Å². The van der Waals surface area contributed by atoms with Gasteiger partial charge in [0.05, 0.1) is 0 Å². The Hall–Kier alpha value is -1.31. The molecule has 0 radical (unpaired) electrons. The first-order valence-electron chi connectivity index (χ1n) is 5.77. The van der Waals surface area contributed by atoms with E-state index in [4.69, 9.17) is 23.2 Å². The first-order chi connectivity index (χ1) is 8.65. The van der Waals surface area contributed by atoms with Gasteiger partial charge in [0.15, 0.2) is 5.78 Å². The largest absolute Gasteiger partial charge is 0.289 e. The monoisotopic (exact) mass is 276 g/mol. The smallest absolute Gasteiger partial charge is 0.193 e. The van der Waals surface area contributed by atoms with Gasteiger partial charge in [-0.15, -0.1) is 0 Å². The van der Waals surface area contributed by atoms with Gasteiger partial charge in [-0.3, -0.25) is 4.79 Å². The quantitative estimate of drug-likeness (QED) is 0.700. The van der Waals surface area contributed by atoms with Gasteiger partial charge in [-0.25, -0.2) is 0 Å². The molecule has 1 nitrogen and oxygen atoms in total. The molecule has 3 rings (SSSR count). The second-order valence-electron chi connectivity index (χ2n) is 4.43. The molecule has 2 aromatic rings. The van der Waals surface area contributed by atoms with E-state index in [0.29, 0.717) is 21.2 Å². The lowest BCUT2D eigenvalue weighted by Gasteiger charge is -2.06. The summed E-state index contributed by atoms with van der Waals surface area (Å²) < 4.78 is 0. The molecule has 0 aromatic heterocycles. The van der Waals surface area contributed by atoms with Crippen LogP contribution in [0.5, 0.6) is 0 Å². The lowest BCUT2D eigenvalue weighted by Crippen LogP contribution is -2.04. The van der Waals surface area contributed by atoms with Crippen molar-refractivity contribution in [2.45, 2.75) is 12.8 Å². The second-order valence-corrected chi connectivity index (χ2v) is 5.30. The van der Waals surface area contributed by atoms with E-state index in [0.717, 1.165) is 24.0 Å². The number of hydrogen-bond acceptors (Lipinski definition) is 1. The van der Waals surface area contributed by atoms with Crippen LogP contribution in [0.3, 0.4) is 0 Å². The van der Waals surface area contributed by atoms with E-state index in [1.165, 1.54) is 0 Å². The summed E-state index contributed by atoms with van der Waals surface area (Å²) in [6, 6.07) is 11.0. The molecule has 0 N–H and O–H groups in total. The van der Waals surface area contributed by atoms with E-state index >= 15 is 0 Å². The van der Waals surface area contributed by atoms with Crippen LogP contribution < -0.4 is 0 Å². The van der Waals surface area contributed by atoms with Crippen molar-refractivity contribution in [3.63, 3.8) is 0 Å². The molecule has 1 aliphatic carbocycles. The number of aryl methyl sites for hydroxylation is 2. The molecule has 0 spiro atoms. The molecule has 18 heavy (non-hydrogen) atoms. The summed E-state index contributed by atoms with van der Waals surface area (Å²) >= 11 is 12.0. The average Bonchev–Trinajstić information content (AvgIpc) is 2.49. The fourth-order valence-corrected chi connectivity index (χ4v) is 2.71. The highest BCUT2D eigenvalue weighted by atomic mass is 35.5. The second kappa shape index (κ2) is 4.42. The van der Waals surface area contributed by atoms with Crippen LogP contribution in [0.1, 0.15) is 27.0 Å². The first kappa shape index (κ1) is 11.8. The summed E-state index contributed by atoms with van der Waals surface area (Å²) in [5, 5.41) is 1.18. The Bertz CT molecular complexity index is 591. The summed E-state index contributed by atoms with van der Waals surface area (Å²) in [7, 11) is 0. The van der Waals surface area contributed by atoms with Crippen molar-refractivity contribution in [2.24, 2.45) is 0 Å². The standard InChI is InChI=1S/C15H10Cl2O/c16-11-5-3-9-1-2-10-4-6-12(17)8-14(10)15(18)13(9)7-11/h3-8H,1-2H2. The zero-order valence-electron chi connectivity index (χ0n) is 9.54. The van der Waals surface area contributed by atoms with Gasteiger partial charge in [-0.1, -0.05) is 35.3 Å². The molecule has 0 amide bonds. The topological polar surface area (TPSA) is 17.1 Å². The number of ketones is 1. The van der Waals surface area contributed by atoms with Gasteiger partial charge >= 0.3 is 0 Å². The summed E-state index contributed by atoms with van der Waals surface area (Å²) in [4.78, 5) is 12.5. The molecule has 0 aliphatic heterocycles. The number of carbonyl (C=O) groups is 1. The fraction of sp³-hybridized carbons (Fsp3) is 0.133. The van der Waals surface area contributed by atoms with Crippen molar-refractivity contribution in [3.05, 3.63) is 68.7 Å². The molecule has 1 aliphatic rings. The third-order valence-electron chi connectivity index (χ3n) is 3.30. The van der Waals surface area contributed by atoms with E-state index in [2.05, 4.69) is 0 Å². The van der Waals surface area contributed by atoms with Crippen LogP contribution in [0.15, 0.2) is 36.4 Å². The first-order valence-corrected chi connectivity index (χ1v) is 6.52. The van der Waals surface area contributed by atoms with Crippen molar-refractivity contribution in [1.29, 1.82) is 0 Å². The molecule has 0 unspecified atom stereocenters. The van der Waals surface area contributed by atoms with E-state index in [1.807, 2.05) is 24.3 Å². The Morgan fingerprint density at radius 2 is 1.22 bits per heavy atom. The van der Waals surface area contributed by atoms with E-state index in [1.54, 1.807) is 12.1 Å². The Morgan fingerprint density at radius 3 is 1.67 bits per heavy atom. The number of halogens is 2. The van der Waals surface area contributed by atoms with Gasteiger partial charge in [0.1, 0.15) is 0 Å². The maximum atomic E-state index is 12.5. The summed E-state index contributed by atoms with van der Waals surface area (Å²) in [5.74, 6) is 0.0162. The Morgan fingerprint density at radius 1 is 0.778 bits per heavy atom. The van der Waals surface area contributed by atoms with Gasteiger partial charge in [0.25, 0.3) is 0 Å². The Kier molecular flexibility index (Phi) is 2.89. The van der Waals surface area contributed by atoms with Crippen LogP contribution in [-0.2, 0) is 12.8 Å². The van der Waals surface area contributed by atoms with Gasteiger partial charge in [-0.2, -0.15) is 0 Å². The molecule has 0 atom stereocenters. The minimum Gasteiger partial charge on any atom is -0.289 e. The van der Waals surface area contributed by atoms with Crippen molar-refractivity contribution in [3.8, 4) is 0 Å². The highest BCUT2D eigenvalue weighted by Gasteiger charge is 2.21. The molecule has 0 heterocycles. The van der Waals surface area contributed by atoms with Crippen molar-refractivity contribution in [1.82, 2.24) is 0 Å². The third-order valence-corrected chi connectivity index (χ3v) is 3.77. The lowest BCUT2D eigenvalue weighted by atomic mass is 9.99. The molecule has 0 saturated heterocycles. The zero-order valence-corrected chi connectivity index (χ0v) is 11.1. The molecule has 90 valence electrons. The molecule has 0 bridgehead atoms. The Labute approximate surface area is 115 Å². The molecular formula is C15H10Cl2O. The molecule has 0 saturated carbocycles. The number of fused-ring (bicyclic) bond motifs is 2. The van der Waals surface area contributed by atoms with Crippen LogP contribution in [0, 0.1) is 0 Å². The number of hydrogen-bond donors (Lipinski definition) is 0. The van der Waals surface area contributed by atoms with Crippen LogP contribution in [0.25, 0.3) is 0 Å². The van der Waals surface area contributed by atoms with E-state index < -0.39 is 0 Å². The SMILES string of the molecule is O=C1c2cc(Cl)ccc2CCc2ccc(Cl)cc21. The van der Waals surface area contributed by atoms with E-state index in [-0.39, 0.29) is 5.78 Å². The van der Waals surface area contributed by atoms with Crippen LogP contribution in [0.2, 0.25) is 10.0 Å². The van der Waals surface area contributed by atoms with Crippen molar-refractivity contribution < 1.29 is 4.79 Å². The van der Waals surface area contributed by atoms with Crippen molar-refractivity contribution >= 4 is 29.0 Å². The minimum absolute atomic E-state index is 0.0162. The average molecular weight is 277 g/mol. The zero-order chi connectivity index (χ0) is 12.7. The van der Waals surface area contributed by atoms with Crippen LogP contribution in [0.4, 0.5) is 0 Å². The Balaban J connectivity index is 2.22. The van der Waals surface area contributed by atoms with Gasteiger partial charge in [0, 0.05) is 21.2 Å². The predicted octanol–water partition coefficient (Wildman–Crippen LogP) is 4.32. The maximum absolute atomic E-state index is 12.5. The maximum Gasteiger partial charge on any atom is 0.193 e. The number of benzene rings is 2. The summed E-state index contributed by atoms with van der Waals surface area (Å²) in [6.45, 7) is 0. The predicted molar refractivity (Wildman–Crippen MR) is 73.7 cm³/mol. The third kappa shape index (κ3) is 1.94. The van der Waals surface area contributed by atoms with Crippen molar-refractivity contribution in [2.75, 3.05) is 0 Å². The summed E-state index contributed by atoms with van der Waals surface area (Å²) in [5.41, 5.74) is 3.50. The molecular weight excluding hydrogens is 267 g/mol. The normalized spacial score (nSPS) is 13.8. The van der Waals surface area contributed by atoms with Gasteiger partial charge in [-0.05, 0) is 48.2 Å². The highest BCUT2D eigenvalue weighted by molar-refractivity contribution is 6.32. The van der Waals surface area contributed by atoms with E-state index in [9.17, 15) is 4.79 Å². The fourth-order valence-electron chi connectivity index (χ4n) is 2.37. The lowest BCUT2D eigenvalue weighted by molar-refractivity contribution is 0.103. The molecule has 0 fully saturated rings. The van der Waals surface area contributed by atoms with Gasteiger partial charge < -0.3 is 0 Å². The molecule has 3 heteroatoms. The number of rotatable bonds is 0.